The molecule has 1 saturated heterocycles. The highest BCUT2D eigenvalue weighted by molar-refractivity contribution is 5.83. The molecule has 2 aliphatic heterocycles. The molecule has 2 heterocycles. The molecule has 2 aliphatic carbocycles. The topological polar surface area (TPSA) is 115 Å². The van der Waals surface area contributed by atoms with Crippen molar-refractivity contribution in [1.29, 1.82) is 0 Å². The van der Waals surface area contributed by atoms with E-state index >= 15 is 0 Å². The standard InChI is InChI=1S/C29H31NO8/c1-16(31)26(32)38-23(17-7-5-4-6-8-17)27(33)36-20-11-12-29(34)21-15-18-9-10-19(35-3)24-22(18)28(29,25(20)37-24)13-14-30(21)2/h4-11,16,21,23,25,31,34H,12-15H2,1-3H3/t16-,21+,23-,25-,28-,29+/m0/s1. The lowest BCUT2D eigenvalue weighted by Crippen LogP contribution is -2.74. The molecule has 9 heteroatoms. The maximum absolute atomic E-state index is 13.5. The molecule has 1 fully saturated rings. The van der Waals surface area contributed by atoms with Crippen molar-refractivity contribution < 1.29 is 38.7 Å². The molecule has 0 radical (unpaired) electrons. The van der Waals surface area contributed by atoms with Crippen molar-refractivity contribution >= 4 is 11.9 Å². The average Bonchev–Trinajstić information content (AvgIpc) is 3.27. The van der Waals surface area contributed by atoms with E-state index in [4.69, 9.17) is 18.9 Å². The number of esters is 2. The van der Waals surface area contributed by atoms with Crippen LogP contribution in [0.25, 0.3) is 0 Å². The summed E-state index contributed by atoms with van der Waals surface area (Å²) >= 11 is 0. The van der Waals surface area contributed by atoms with Crippen LogP contribution in [-0.2, 0) is 30.9 Å². The van der Waals surface area contributed by atoms with E-state index in [1.807, 2.05) is 19.2 Å². The molecule has 0 saturated carbocycles. The number of rotatable bonds is 6. The summed E-state index contributed by atoms with van der Waals surface area (Å²) in [5.41, 5.74) is 0.461. The van der Waals surface area contributed by atoms with Crippen LogP contribution < -0.4 is 9.47 Å². The second kappa shape index (κ2) is 8.83. The molecule has 2 aromatic carbocycles. The molecule has 2 bridgehead atoms. The van der Waals surface area contributed by atoms with Crippen LogP contribution in [0.4, 0.5) is 0 Å². The van der Waals surface area contributed by atoms with Crippen LogP contribution >= 0.6 is 0 Å². The van der Waals surface area contributed by atoms with Gasteiger partial charge in [-0.15, -0.1) is 0 Å². The van der Waals surface area contributed by atoms with Crippen molar-refractivity contribution in [2.75, 3.05) is 20.7 Å². The highest BCUT2D eigenvalue weighted by Crippen LogP contribution is 2.65. The monoisotopic (exact) mass is 521 g/mol. The van der Waals surface area contributed by atoms with Gasteiger partial charge >= 0.3 is 11.9 Å². The molecule has 0 unspecified atom stereocenters. The third-order valence-electron chi connectivity index (χ3n) is 8.67. The van der Waals surface area contributed by atoms with Crippen LogP contribution in [0.5, 0.6) is 11.5 Å². The predicted octanol–water partition coefficient (Wildman–Crippen LogP) is 2.18. The largest absolute Gasteiger partial charge is 0.493 e. The number of ether oxygens (including phenoxy) is 4. The summed E-state index contributed by atoms with van der Waals surface area (Å²) in [4.78, 5) is 28.0. The summed E-state index contributed by atoms with van der Waals surface area (Å²) in [5, 5.41) is 22.0. The molecule has 6 atom stereocenters. The number of aliphatic hydroxyl groups excluding tert-OH is 1. The Balaban J connectivity index is 1.40. The van der Waals surface area contributed by atoms with Gasteiger partial charge in [0, 0.05) is 23.6 Å². The third kappa shape index (κ3) is 3.35. The molecule has 4 aliphatic rings. The van der Waals surface area contributed by atoms with Crippen LogP contribution in [0.15, 0.2) is 54.3 Å². The molecule has 0 amide bonds. The van der Waals surface area contributed by atoms with E-state index in [1.54, 1.807) is 43.5 Å². The normalized spacial score (nSPS) is 30.3. The number of benzene rings is 2. The van der Waals surface area contributed by atoms with E-state index < -0.39 is 41.3 Å². The first-order chi connectivity index (χ1) is 18.2. The van der Waals surface area contributed by atoms with Crippen molar-refractivity contribution in [3.8, 4) is 11.5 Å². The molecule has 2 N–H and O–H groups in total. The molecule has 1 spiro atoms. The molecule has 0 aromatic heterocycles. The number of nitrogens with zero attached hydrogens (tertiary/aromatic N) is 1. The zero-order valence-corrected chi connectivity index (χ0v) is 21.5. The quantitative estimate of drug-likeness (QED) is 0.552. The number of carbonyl (C=O) groups excluding carboxylic acids is 2. The van der Waals surface area contributed by atoms with E-state index in [-0.39, 0.29) is 18.2 Å². The first-order valence-corrected chi connectivity index (χ1v) is 12.9. The maximum atomic E-state index is 13.5. The number of carbonyl (C=O) groups is 2. The van der Waals surface area contributed by atoms with Crippen LogP contribution in [0, 0.1) is 0 Å². The van der Waals surface area contributed by atoms with Crippen LogP contribution in [-0.4, -0.2) is 71.6 Å². The van der Waals surface area contributed by atoms with Crippen LogP contribution in [0.3, 0.4) is 0 Å². The summed E-state index contributed by atoms with van der Waals surface area (Å²) in [6, 6.07) is 12.3. The molecule has 6 rings (SSSR count). The number of methoxy groups -OCH3 is 1. The second-order valence-corrected chi connectivity index (χ2v) is 10.6. The van der Waals surface area contributed by atoms with Gasteiger partial charge in [-0.1, -0.05) is 36.4 Å². The van der Waals surface area contributed by atoms with Crippen molar-refractivity contribution in [3.05, 3.63) is 71.0 Å². The van der Waals surface area contributed by atoms with E-state index in [9.17, 15) is 19.8 Å². The zero-order chi connectivity index (χ0) is 26.8. The minimum absolute atomic E-state index is 0.133. The van der Waals surface area contributed by atoms with E-state index in [2.05, 4.69) is 4.90 Å². The lowest BCUT2D eigenvalue weighted by Gasteiger charge is -2.61. The van der Waals surface area contributed by atoms with Gasteiger partial charge in [0.1, 0.15) is 11.9 Å². The van der Waals surface area contributed by atoms with Gasteiger partial charge in [0.05, 0.1) is 18.1 Å². The summed E-state index contributed by atoms with van der Waals surface area (Å²) in [6.45, 7) is 2.01. The Labute approximate surface area is 220 Å². The van der Waals surface area contributed by atoms with Crippen molar-refractivity contribution in [1.82, 2.24) is 4.90 Å². The fourth-order valence-corrected chi connectivity index (χ4v) is 6.85. The highest BCUT2D eigenvalue weighted by Gasteiger charge is 2.72. The Bertz CT molecular complexity index is 1320. The molecular weight excluding hydrogens is 490 g/mol. The minimum Gasteiger partial charge on any atom is -0.493 e. The first kappa shape index (κ1) is 24.9. The van der Waals surface area contributed by atoms with Gasteiger partial charge in [0.25, 0.3) is 0 Å². The SMILES string of the molecule is COc1ccc2c3c1O[C@H]1C(OC(=O)[C@@H](OC(=O)[C@H](C)O)c4ccccc4)=CC[C@@]4(O)[C@@H](C2)N(C)CC[C@]314. The van der Waals surface area contributed by atoms with Gasteiger partial charge in [-0.3, -0.25) is 0 Å². The summed E-state index contributed by atoms with van der Waals surface area (Å²) < 4.78 is 23.5. The van der Waals surface area contributed by atoms with E-state index in [0.717, 1.165) is 17.7 Å². The Morgan fingerprint density at radius 1 is 1.16 bits per heavy atom. The molecule has 200 valence electrons. The second-order valence-electron chi connectivity index (χ2n) is 10.6. The lowest BCUT2D eigenvalue weighted by molar-refractivity contribution is -0.178. The third-order valence-corrected chi connectivity index (χ3v) is 8.67. The summed E-state index contributed by atoms with van der Waals surface area (Å²) in [5.74, 6) is -0.356. The minimum atomic E-state index is -1.41. The molecule has 38 heavy (non-hydrogen) atoms. The average molecular weight is 522 g/mol. The van der Waals surface area contributed by atoms with Gasteiger partial charge in [-0.25, -0.2) is 9.59 Å². The molecule has 2 aromatic rings. The summed E-state index contributed by atoms with van der Waals surface area (Å²) in [6.07, 6.45) is -0.306. The number of likely N-dealkylation sites (tertiary alicyclic amines) is 1. The smallest absolute Gasteiger partial charge is 0.357 e. The lowest BCUT2D eigenvalue weighted by atomic mass is 9.50. The van der Waals surface area contributed by atoms with Crippen LogP contribution in [0.2, 0.25) is 0 Å². The maximum Gasteiger partial charge on any atom is 0.357 e. The first-order valence-electron chi connectivity index (χ1n) is 12.9. The number of piperidine rings is 1. The number of hydrogen-bond donors (Lipinski definition) is 2. The number of hydrogen-bond acceptors (Lipinski definition) is 9. The Hall–Kier alpha value is -3.40. The van der Waals surface area contributed by atoms with Gasteiger partial charge < -0.3 is 34.1 Å². The van der Waals surface area contributed by atoms with Crippen molar-refractivity contribution in [3.63, 3.8) is 0 Å². The number of aliphatic hydroxyl groups is 2. The van der Waals surface area contributed by atoms with E-state index in [0.29, 0.717) is 29.9 Å². The highest BCUT2D eigenvalue weighted by atomic mass is 16.6. The fourth-order valence-electron chi connectivity index (χ4n) is 6.85. The Kier molecular flexibility index (Phi) is 5.79. The number of likely N-dealkylation sites (N-methyl/N-ethyl adjacent to an activating group) is 1. The Morgan fingerprint density at radius 3 is 2.63 bits per heavy atom. The van der Waals surface area contributed by atoms with Gasteiger partial charge in [-0.2, -0.15) is 0 Å². The fraction of sp³-hybridized carbons (Fsp3) is 0.448. The van der Waals surface area contributed by atoms with Gasteiger partial charge in [0.15, 0.2) is 17.6 Å². The predicted molar refractivity (Wildman–Crippen MR) is 135 cm³/mol. The summed E-state index contributed by atoms with van der Waals surface area (Å²) in [7, 11) is 3.60. The van der Waals surface area contributed by atoms with Crippen molar-refractivity contribution in [2.45, 2.75) is 61.6 Å². The van der Waals surface area contributed by atoms with Gasteiger partial charge in [0.2, 0.25) is 6.10 Å². The molecule has 9 nitrogen and oxygen atoms in total. The zero-order valence-electron chi connectivity index (χ0n) is 21.5. The van der Waals surface area contributed by atoms with Crippen molar-refractivity contribution in [2.24, 2.45) is 0 Å². The van der Waals surface area contributed by atoms with E-state index in [1.165, 1.54) is 6.92 Å². The van der Waals surface area contributed by atoms with Gasteiger partial charge in [-0.05, 0) is 51.1 Å². The van der Waals surface area contributed by atoms with Crippen LogP contribution in [0.1, 0.15) is 42.6 Å². The molecular formula is C29H31NO8. The Morgan fingerprint density at radius 2 is 1.92 bits per heavy atom.